The van der Waals surface area contributed by atoms with Crippen molar-refractivity contribution < 1.29 is 9.90 Å². The fourth-order valence-corrected chi connectivity index (χ4v) is 3.81. The Kier molecular flexibility index (Phi) is 3.36. The molecule has 2 aromatic rings. The molecule has 3 rings (SSSR count). The molecule has 1 fully saturated rings. The number of thiophene rings is 1. The van der Waals surface area contributed by atoms with E-state index in [0.717, 1.165) is 28.6 Å². The van der Waals surface area contributed by atoms with Gasteiger partial charge < -0.3 is 10.1 Å². The van der Waals surface area contributed by atoms with E-state index in [2.05, 4.69) is 16.9 Å². The average molecular weight is 306 g/mol. The van der Waals surface area contributed by atoms with Crippen LogP contribution in [0.4, 0.5) is 0 Å². The Morgan fingerprint density at radius 1 is 1.57 bits per heavy atom. The minimum absolute atomic E-state index is 0.0523. The second-order valence-corrected chi connectivity index (χ2v) is 7.17. The van der Waals surface area contributed by atoms with Crippen molar-refractivity contribution in [3.05, 3.63) is 27.1 Å². The number of aromatic nitrogens is 2. The van der Waals surface area contributed by atoms with Crippen LogP contribution in [0, 0.1) is 5.92 Å². The van der Waals surface area contributed by atoms with Crippen LogP contribution in [0.1, 0.15) is 44.5 Å². The lowest BCUT2D eigenvalue weighted by molar-refractivity contribution is -0.137. The van der Waals surface area contributed by atoms with Crippen molar-refractivity contribution in [3.8, 4) is 0 Å². The van der Waals surface area contributed by atoms with E-state index < -0.39 is 5.97 Å². The summed E-state index contributed by atoms with van der Waals surface area (Å²) in [6, 6.07) is 0. The standard InChI is InChI=1S/C15H18N2O3S/c1-8(6-11(18)19)5-10-16-13(20)12-9(15(2)3-4-15)7-21-14(12)17-10/h7-8H,3-6H2,1-2H3,(H,18,19)(H,16,17,20). The molecule has 1 unspecified atom stereocenters. The molecule has 2 N–H and O–H groups in total. The van der Waals surface area contributed by atoms with Gasteiger partial charge in [0.15, 0.2) is 0 Å². The highest BCUT2D eigenvalue weighted by Gasteiger charge is 2.41. The molecule has 0 aromatic carbocycles. The smallest absolute Gasteiger partial charge is 0.303 e. The van der Waals surface area contributed by atoms with Gasteiger partial charge in [-0.25, -0.2) is 4.98 Å². The fraction of sp³-hybridized carbons (Fsp3) is 0.533. The van der Waals surface area contributed by atoms with Gasteiger partial charge >= 0.3 is 5.97 Å². The van der Waals surface area contributed by atoms with Crippen molar-refractivity contribution in [2.24, 2.45) is 5.92 Å². The normalized spacial score (nSPS) is 17.8. The van der Waals surface area contributed by atoms with Gasteiger partial charge in [-0.3, -0.25) is 9.59 Å². The lowest BCUT2D eigenvalue weighted by atomic mass is 9.99. The number of aromatic amines is 1. The molecule has 1 atom stereocenters. The number of H-pyrrole nitrogens is 1. The summed E-state index contributed by atoms with van der Waals surface area (Å²) in [4.78, 5) is 31.2. The van der Waals surface area contributed by atoms with Gasteiger partial charge in [0.05, 0.1) is 5.39 Å². The van der Waals surface area contributed by atoms with Crippen LogP contribution in [-0.2, 0) is 16.6 Å². The number of carboxylic acids is 1. The Balaban J connectivity index is 1.94. The van der Waals surface area contributed by atoms with E-state index in [1.807, 2.05) is 12.3 Å². The molecular weight excluding hydrogens is 288 g/mol. The topological polar surface area (TPSA) is 83.0 Å². The zero-order valence-electron chi connectivity index (χ0n) is 12.1. The van der Waals surface area contributed by atoms with Gasteiger partial charge in [-0.1, -0.05) is 13.8 Å². The van der Waals surface area contributed by atoms with Crippen molar-refractivity contribution in [3.63, 3.8) is 0 Å². The lowest BCUT2D eigenvalue weighted by Gasteiger charge is -2.09. The Morgan fingerprint density at radius 3 is 2.90 bits per heavy atom. The lowest BCUT2D eigenvalue weighted by Crippen LogP contribution is -2.16. The van der Waals surface area contributed by atoms with Crippen molar-refractivity contribution >= 4 is 27.5 Å². The highest BCUT2D eigenvalue weighted by molar-refractivity contribution is 7.16. The van der Waals surface area contributed by atoms with Crippen LogP contribution in [0.15, 0.2) is 10.2 Å². The Labute approximate surface area is 126 Å². The quantitative estimate of drug-likeness (QED) is 0.889. The molecule has 0 saturated heterocycles. The summed E-state index contributed by atoms with van der Waals surface area (Å²) >= 11 is 1.50. The first kappa shape index (κ1) is 14.3. The maximum Gasteiger partial charge on any atom is 0.303 e. The second kappa shape index (κ2) is 4.94. The highest BCUT2D eigenvalue weighted by Crippen LogP contribution is 2.50. The molecule has 0 amide bonds. The maximum absolute atomic E-state index is 12.4. The number of rotatable bonds is 5. The molecule has 0 radical (unpaired) electrons. The predicted molar refractivity (Wildman–Crippen MR) is 81.9 cm³/mol. The molecule has 0 aliphatic heterocycles. The Bertz CT molecular complexity index is 758. The number of hydrogen-bond donors (Lipinski definition) is 2. The van der Waals surface area contributed by atoms with Crippen LogP contribution < -0.4 is 5.56 Å². The summed E-state index contributed by atoms with van der Waals surface area (Å²) in [5.41, 5.74) is 1.16. The Hall–Kier alpha value is -1.69. The second-order valence-electron chi connectivity index (χ2n) is 6.31. The third-order valence-corrected chi connectivity index (χ3v) is 5.08. The van der Waals surface area contributed by atoms with Gasteiger partial charge in [-0.15, -0.1) is 11.3 Å². The molecule has 1 saturated carbocycles. The summed E-state index contributed by atoms with van der Waals surface area (Å²) in [6.45, 7) is 4.03. The van der Waals surface area contributed by atoms with Crippen LogP contribution >= 0.6 is 11.3 Å². The third-order valence-electron chi connectivity index (χ3n) is 4.21. The molecule has 2 heterocycles. The fourth-order valence-electron chi connectivity index (χ4n) is 2.69. The molecular formula is C15H18N2O3S. The monoisotopic (exact) mass is 306 g/mol. The number of nitrogens with one attached hydrogen (secondary N) is 1. The zero-order chi connectivity index (χ0) is 15.2. The van der Waals surface area contributed by atoms with Crippen molar-refractivity contribution in [1.29, 1.82) is 0 Å². The van der Waals surface area contributed by atoms with Crippen LogP contribution in [0.25, 0.3) is 10.2 Å². The molecule has 21 heavy (non-hydrogen) atoms. The van der Waals surface area contributed by atoms with E-state index in [4.69, 9.17) is 5.11 Å². The summed E-state index contributed by atoms with van der Waals surface area (Å²) < 4.78 is 0. The maximum atomic E-state index is 12.4. The van der Waals surface area contributed by atoms with Crippen LogP contribution in [0.2, 0.25) is 0 Å². The van der Waals surface area contributed by atoms with Gasteiger partial charge in [-0.2, -0.15) is 0 Å². The van der Waals surface area contributed by atoms with Gasteiger partial charge in [-0.05, 0) is 35.1 Å². The summed E-state index contributed by atoms with van der Waals surface area (Å²) in [5.74, 6) is -0.301. The first-order valence-electron chi connectivity index (χ1n) is 7.12. The van der Waals surface area contributed by atoms with E-state index in [-0.39, 0.29) is 23.3 Å². The SMILES string of the molecule is CC(CC(=O)O)Cc1nc2scc(C3(C)CC3)c2c(=O)[nH]1. The van der Waals surface area contributed by atoms with Gasteiger partial charge in [0.2, 0.25) is 0 Å². The number of aliphatic carboxylic acids is 1. The van der Waals surface area contributed by atoms with Gasteiger partial charge in [0, 0.05) is 12.8 Å². The first-order chi connectivity index (χ1) is 9.89. The number of fused-ring (bicyclic) bond motifs is 1. The molecule has 5 nitrogen and oxygen atoms in total. The molecule has 2 aromatic heterocycles. The molecule has 1 aliphatic rings. The minimum atomic E-state index is -0.828. The average Bonchev–Trinajstić information content (AvgIpc) is 2.96. The molecule has 1 aliphatic carbocycles. The molecule has 6 heteroatoms. The van der Waals surface area contributed by atoms with E-state index in [0.29, 0.717) is 12.2 Å². The summed E-state index contributed by atoms with van der Waals surface area (Å²) in [5, 5.41) is 11.6. The number of carbonyl (C=O) groups is 1. The summed E-state index contributed by atoms with van der Waals surface area (Å²) in [6.07, 6.45) is 2.79. The summed E-state index contributed by atoms with van der Waals surface area (Å²) in [7, 11) is 0. The number of carboxylic acid groups (broad SMARTS) is 1. The van der Waals surface area contributed by atoms with Crippen molar-refractivity contribution in [2.75, 3.05) is 0 Å². The predicted octanol–water partition coefficient (Wildman–Crippen LogP) is 2.69. The van der Waals surface area contributed by atoms with Crippen LogP contribution in [0.5, 0.6) is 0 Å². The number of hydrogen-bond acceptors (Lipinski definition) is 4. The van der Waals surface area contributed by atoms with E-state index in [1.54, 1.807) is 0 Å². The zero-order valence-corrected chi connectivity index (χ0v) is 12.9. The van der Waals surface area contributed by atoms with Crippen molar-refractivity contribution in [1.82, 2.24) is 9.97 Å². The Morgan fingerprint density at radius 2 is 2.29 bits per heavy atom. The number of nitrogens with zero attached hydrogens (tertiary/aromatic N) is 1. The van der Waals surface area contributed by atoms with Gasteiger partial charge in [0.1, 0.15) is 10.7 Å². The van der Waals surface area contributed by atoms with E-state index in [9.17, 15) is 9.59 Å². The highest BCUT2D eigenvalue weighted by atomic mass is 32.1. The van der Waals surface area contributed by atoms with Crippen LogP contribution in [0.3, 0.4) is 0 Å². The minimum Gasteiger partial charge on any atom is -0.481 e. The first-order valence-corrected chi connectivity index (χ1v) is 8.00. The van der Waals surface area contributed by atoms with E-state index in [1.165, 1.54) is 11.3 Å². The molecule has 0 spiro atoms. The molecule has 112 valence electrons. The van der Waals surface area contributed by atoms with Crippen molar-refractivity contribution in [2.45, 2.75) is 44.9 Å². The third kappa shape index (κ3) is 2.72. The van der Waals surface area contributed by atoms with Gasteiger partial charge in [0.25, 0.3) is 5.56 Å². The largest absolute Gasteiger partial charge is 0.481 e. The van der Waals surface area contributed by atoms with Crippen LogP contribution in [-0.4, -0.2) is 21.0 Å². The molecule has 0 bridgehead atoms. The van der Waals surface area contributed by atoms with E-state index >= 15 is 0 Å².